The van der Waals surface area contributed by atoms with Gasteiger partial charge in [-0.3, -0.25) is 4.79 Å². The summed E-state index contributed by atoms with van der Waals surface area (Å²) in [6, 6.07) is 9.63. The molecule has 0 spiro atoms. The van der Waals surface area contributed by atoms with Crippen LogP contribution in [0.3, 0.4) is 0 Å². The molecular weight excluding hydrogens is 416 g/mol. The summed E-state index contributed by atoms with van der Waals surface area (Å²) in [4.78, 5) is 17.3. The molecule has 0 aliphatic rings. The summed E-state index contributed by atoms with van der Waals surface area (Å²) >= 11 is 6.23. The van der Waals surface area contributed by atoms with Crippen molar-refractivity contribution in [1.29, 1.82) is 0 Å². The molecule has 2 aromatic rings. The van der Waals surface area contributed by atoms with E-state index < -0.39 is 21.7 Å². The third kappa shape index (κ3) is 6.45. The van der Waals surface area contributed by atoms with Crippen molar-refractivity contribution in [3.05, 3.63) is 52.5 Å². The van der Waals surface area contributed by atoms with Gasteiger partial charge in [-0.05, 0) is 50.3 Å². The topological polar surface area (TPSA) is 128 Å². The molecule has 2 rings (SSSR count). The fourth-order valence-corrected chi connectivity index (χ4v) is 3.59. The van der Waals surface area contributed by atoms with Gasteiger partial charge in [0, 0.05) is 18.4 Å². The zero-order valence-corrected chi connectivity index (χ0v) is 17.9. The molecule has 0 heterocycles. The van der Waals surface area contributed by atoms with Crippen molar-refractivity contribution in [1.82, 2.24) is 4.90 Å². The Labute approximate surface area is 175 Å². The molecule has 10 heteroatoms. The number of nitrogens with two attached hydrogens (primary N) is 2. The molecule has 0 radical (unpaired) electrons. The lowest BCUT2D eigenvalue weighted by Gasteiger charge is -2.14. The molecule has 29 heavy (non-hydrogen) atoms. The zero-order chi connectivity index (χ0) is 21.8. The van der Waals surface area contributed by atoms with Gasteiger partial charge >= 0.3 is 0 Å². The molecule has 2 aromatic carbocycles. The van der Waals surface area contributed by atoms with Gasteiger partial charge in [0.1, 0.15) is 10.6 Å². The standard InChI is InChI=1S/C19H23ClN4O4S/c1-24(2)9-8-12-4-6-14(7-5-12)28-17-15(20)10-13(18(25)23-19(21)22)11-16(17)29(3,26)27/h4-7,10-11H,8-9H2,1-3H3,(H4,21,22,23,25). The highest BCUT2D eigenvalue weighted by Gasteiger charge is 2.22. The van der Waals surface area contributed by atoms with Crippen molar-refractivity contribution in [2.45, 2.75) is 11.3 Å². The van der Waals surface area contributed by atoms with Gasteiger partial charge in [0.2, 0.25) is 0 Å². The van der Waals surface area contributed by atoms with Gasteiger partial charge < -0.3 is 21.1 Å². The number of carbonyl (C=O) groups is 1. The third-order valence-corrected chi connectivity index (χ3v) is 5.26. The molecule has 0 aliphatic heterocycles. The first-order valence-corrected chi connectivity index (χ1v) is 10.8. The van der Waals surface area contributed by atoms with Crippen LogP contribution in [0.5, 0.6) is 11.5 Å². The number of halogens is 1. The highest BCUT2D eigenvalue weighted by atomic mass is 35.5. The van der Waals surface area contributed by atoms with Crippen LogP contribution in [0.25, 0.3) is 0 Å². The quantitative estimate of drug-likeness (QED) is 0.500. The van der Waals surface area contributed by atoms with Crippen LogP contribution in [-0.2, 0) is 16.3 Å². The summed E-state index contributed by atoms with van der Waals surface area (Å²) in [5.74, 6) is -0.916. The van der Waals surface area contributed by atoms with E-state index in [1.165, 1.54) is 6.07 Å². The summed E-state index contributed by atoms with van der Waals surface area (Å²) in [7, 11) is 0.223. The zero-order valence-electron chi connectivity index (χ0n) is 16.3. The fraction of sp³-hybridized carbons (Fsp3) is 0.263. The van der Waals surface area contributed by atoms with Crippen LogP contribution in [0.1, 0.15) is 15.9 Å². The Morgan fingerprint density at radius 3 is 2.31 bits per heavy atom. The molecule has 0 bridgehead atoms. The average Bonchev–Trinajstić information content (AvgIpc) is 2.60. The number of sulfone groups is 1. The van der Waals surface area contributed by atoms with Crippen LogP contribution in [0.4, 0.5) is 0 Å². The van der Waals surface area contributed by atoms with Gasteiger partial charge in [-0.15, -0.1) is 0 Å². The Bertz CT molecular complexity index is 1030. The molecule has 4 N–H and O–H groups in total. The molecule has 156 valence electrons. The van der Waals surface area contributed by atoms with Crippen LogP contribution < -0.4 is 16.2 Å². The normalized spacial score (nSPS) is 11.3. The molecule has 0 atom stereocenters. The molecule has 0 aromatic heterocycles. The number of guanidine groups is 1. The fourth-order valence-electron chi connectivity index (χ4n) is 2.44. The van der Waals surface area contributed by atoms with Gasteiger partial charge in [0.05, 0.1) is 5.02 Å². The van der Waals surface area contributed by atoms with E-state index in [0.29, 0.717) is 5.75 Å². The first kappa shape index (κ1) is 22.7. The minimum Gasteiger partial charge on any atom is -0.454 e. The lowest BCUT2D eigenvalue weighted by Crippen LogP contribution is -2.24. The predicted molar refractivity (Wildman–Crippen MR) is 113 cm³/mol. The second kappa shape index (κ2) is 9.25. The summed E-state index contributed by atoms with van der Waals surface area (Å²) in [5.41, 5.74) is 11.4. The number of benzene rings is 2. The van der Waals surface area contributed by atoms with Crippen LogP contribution in [0.15, 0.2) is 46.3 Å². The second-order valence-corrected chi connectivity index (χ2v) is 9.09. The molecule has 1 amide bonds. The van der Waals surface area contributed by atoms with Crippen molar-refractivity contribution in [3.63, 3.8) is 0 Å². The number of hydrogen-bond donors (Lipinski definition) is 2. The van der Waals surface area contributed by atoms with Gasteiger partial charge in [-0.1, -0.05) is 23.7 Å². The molecule has 8 nitrogen and oxygen atoms in total. The third-order valence-electron chi connectivity index (χ3n) is 3.88. The van der Waals surface area contributed by atoms with Crippen LogP contribution in [0, 0.1) is 0 Å². The molecule has 0 saturated heterocycles. The largest absolute Gasteiger partial charge is 0.454 e. The van der Waals surface area contributed by atoms with Gasteiger partial charge in [0.25, 0.3) is 5.91 Å². The summed E-state index contributed by atoms with van der Waals surface area (Å²) < 4.78 is 30.3. The highest BCUT2D eigenvalue weighted by Crippen LogP contribution is 2.37. The summed E-state index contributed by atoms with van der Waals surface area (Å²) in [6.07, 6.45) is 1.86. The van der Waals surface area contributed by atoms with E-state index in [1.807, 2.05) is 26.2 Å². The highest BCUT2D eigenvalue weighted by molar-refractivity contribution is 7.90. The van der Waals surface area contributed by atoms with E-state index in [0.717, 1.165) is 30.9 Å². The average molecular weight is 439 g/mol. The number of rotatable bonds is 7. The molecule has 0 aliphatic carbocycles. The number of carbonyl (C=O) groups excluding carboxylic acids is 1. The van der Waals surface area contributed by atoms with E-state index in [1.54, 1.807) is 12.1 Å². The van der Waals surface area contributed by atoms with E-state index >= 15 is 0 Å². The minimum atomic E-state index is -3.77. The maximum Gasteiger partial charge on any atom is 0.280 e. The van der Waals surface area contributed by atoms with Gasteiger partial charge in [0.15, 0.2) is 21.5 Å². The second-order valence-electron chi connectivity index (χ2n) is 6.70. The molecular formula is C19H23ClN4O4S. The SMILES string of the molecule is CN(C)CCc1ccc(Oc2c(Cl)cc(C(=O)N=C(N)N)cc2S(C)(=O)=O)cc1. The minimum absolute atomic E-state index is 0.0567. The number of amides is 1. The molecule has 0 fully saturated rings. The number of likely N-dealkylation sites (N-methyl/N-ethyl adjacent to an activating group) is 1. The molecule has 0 saturated carbocycles. The van der Waals surface area contributed by atoms with Crippen LogP contribution in [0.2, 0.25) is 5.02 Å². The number of ether oxygens (including phenoxy) is 1. The Morgan fingerprint density at radius 1 is 1.17 bits per heavy atom. The van der Waals surface area contributed by atoms with E-state index in [4.69, 9.17) is 27.8 Å². The Hall–Kier alpha value is -2.62. The molecule has 0 unspecified atom stereocenters. The van der Waals surface area contributed by atoms with Crippen molar-refractivity contribution in [3.8, 4) is 11.5 Å². The van der Waals surface area contributed by atoms with E-state index in [9.17, 15) is 13.2 Å². The summed E-state index contributed by atoms with van der Waals surface area (Å²) in [5, 5.41) is -0.0567. The van der Waals surface area contributed by atoms with E-state index in [2.05, 4.69) is 9.89 Å². The van der Waals surface area contributed by atoms with Crippen LogP contribution in [-0.4, -0.2) is 52.1 Å². The van der Waals surface area contributed by atoms with Gasteiger partial charge in [-0.2, -0.15) is 4.99 Å². The number of hydrogen-bond acceptors (Lipinski definition) is 5. The lowest BCUT2D eigenvalue weighted by atomic mass is 10.1. The maximum absolute atomic E-state index is 12.3. The maximum atomic E-state index is 12.3. The first-order valence-electron chi connectivity index (χ1n) is 8.56. The van der Waals surface area contributed by atoms with E-state index in [-0.39, 0.29) is 21.2 Å². The monoisotopic (exact) mass is 438 g/mol. The van der Waals surface area contributed by atoms with Crippen molar-refractivity contribution < 1.29 is 17.9 Å². The Balaban J connectivity index is 2.39. The smallest absolute Gasteiger partial charge is 0.280 e. The summed E-state index contributed by atoms with van der Waals surface area (Å²) in [6.45, 7) is 0.898. The lowest BCUT2D eigenvalue weighted by molar-refractivity contribution is 0.100. The van der Waals surface area contributed by atoms with Crippen LogP contribution >= 0.6 is 11.6 Å². The Kier molecular flexibility index (Phi) is 7.23. The van der Waals surface area contributed by atoms with Crippen molar-refractivity contribution >= 4 is 33.3 Å². The van der Waals surface area contributed by atoms with Crippen molar-refractivity contribution in [2.75, 3.05) is 26.9 Å². The Morgan fingerprint density at radius 2 is 1.79 bits per heavy atom. The number of nitrogens with zero attached hydrogens (tertiary/aromatic N) is 2. The number of aliphatic imine (C=N–C) groups is 1. The van der Waals surface area contributed by atoms with Crippen molar-refractivity contribution in [2.24, 2.45) is 16.5 Å². The predicted octanol–water partition coefficient (Wildman–Crippen LogP) is 2.05. The first-order chi connectivity index (χ1) is 13.5. The van der Waals surface area contributed by atoms with Gasteiger partial charge in [-0.25, -0.2) is 8.42 Å².